The molecule has 4 aromatic carbocycles. The Kier molecular flexibility index (Phi) is 8.64. The number of rotatable bonds is 7. The molecule has 0 aromatic heterocycles. The normalized spacial score (nSPS) is 23.1. The summed E-state index contributed by atoms with van der Waals surface area (Å²) in [5.41, 5.74) is 2.00. The molecule has 0 aliphatic carbocycles. The van der Waals surface area contributed by atoms with Gasteiger partial charge in [-0.15, -0.1) is 0 Å². The monoisotopic (exact) mass is 567 g/mol. The standard InChI is InChI=1S/C35H38NO4P/c1-37-32-33(38-2)35(30-22-12-5-13-23-30,31-24-14-6-15-25-31)40-41(36-26-16-7-17-27-36)39-34(32,28-18-8-3-9-19-28)29-20-10-4-11-21-29/h3-6,8-15,18-25,32-33H,7,16-17,26-27H2,1-2H3/t32-,33-/m1/s1. The van der Waals surface area contributed by atoms with Gasteiger partial charge >= 0.3 is 0 Å². The summed E-state index contributed by atoms with van der Waals surface area (Å²) >= 11 is 0. The van der Waals surface area contributed by atoms with Crippen molar-refractivity contribution in [2.45, 2.75) is 42.7 Å². The molecular formula is C35H38NO4P. The van der Waals surface area contributed by atoms with Crippen LogP contribution in [0.4, 0.5) is 0 Å². The molecule has 0 amide bonds. The van der Waals surface area contributed by atoms with Crippen molar-refractivity contribution in [2.75, 3.05) is 27.3 Å². The van der Waals surface area contributed by atoms with Crippen molar-refractivity contribution in [2.24, 2.45) is 0 Å². The molecule has 2 aliphatic rings. The third-order valence-corrected chi connectivity index (χ3v) is 10.2. The first-order valence-corrected chi connectivity index (χ1v) is 15.6. The van der Waals surface area contributed by atoms with Crippen LogP contribution in [0.1, 0.15) is 41.5 Å². The van der Waals surface area contributed by atoms with E-state index in [1.54, 1.807) is 14.2 Å². The number of piperidine rings is 1. The van der Waals surface area contributed by atoms with E-state index in [4.69, 9.17) is 18.5 Å². The van der Waals surface area contributed by atoms with Gasteiger partial charge in [0.2, 0.25) is 0 Å². The van der Waals surface area contributed by atoms with Crippen molar-refractivity contribution in [3.8, 4) is 0 Å². The summed E-state index contributed by atoms with van der Waals surface area (Å²) in [4.78, 5) is 0. The van der Waals surface area contributed by atoms with Gasteiger partial charge in [-0.05, 0) is 35.1 Å². The van der Waals surface area contributed by atoms with E-state index in [1.165, 1.54) is 6.42 Å². The fourth-order valence-corrected chi connectivity index (χ4v) is 8.47. The molecule has 4 aromatic rings. The van der Waals surface area contributed by atoms with E-state index < -0.39 is 31.9 Å². The Bertz CT molecular complexity index is 1190. The lowest BCUT2D eigenvalue weighted by Gasteiger charge is -2.45. The molecule has 2 fully saturated rings. The van der Waals surface area contributed by atoms with Gasteiger partial charge in [-0.2, -0.15) is 0 Å². The van der Waals surface area contributed by atoms with Crippen molar-refractivity contribution in [1.29, 1.82) is 0 Å². The Labute approximate surface area is 245 Å². The Morgan fingerprint density at radius 2 is 0.854 bits per heavy atom. The molecule has 0 unspecified atom stereocenters. The average Bonchev–Trinajstić information content (AvgIpc) is 3.20. The van der Waals surface area contributed by atoms with Crippen LogP contribution in [-0.2, 0) is 29.7 Å². The summed E-state index contributed by atoms with van der Waals surface area (Å²) in [6, 6.07) is 41.7. The van der Waals surface area contributed by atoms with Gasteiger partial charge in [0, 0.05) is 27.3 Å². The van der Waals surface area contributed by atoms with E-state index in [0.29, 0.717) is 0 Å². The number of methoxy groups -OCH3 is 2. The highest BCUT2D eigenvalue weighted by molar-refractivity contribution is 7.44. The zero-order chi connectivity index (χ0) is 28.1. The summed E-state index contributed by atoms with van der Waals surface area (Å²) in [6.07, 6.45) is 2.29. The number of hydrogen-bond acceptors (Lipinski definition) is 5. The van der Waals surface area contributed by atoms with Gasteiger partial charge in [-0.25, -0.2) is 4.67 Å². The highest BCUT2D eigenvalue weighted by Crippen LogP contribution is 2.63. The van der Waals surface area contributed by atoms with Crippen LogP contribution >= 0.6 is 8.53 Å². The lowest BCUT2D eigenvalue weighted by molar-refractivity contribution is -0.152. The van der Waals surface area contributed by atoms with Crippen LogP contribution in [0.3, 0.4) is 0 Å². The second-order valence-corrected chi connectivity index (χ2v) is 12.1. The lowest BCUT2D eigenvalue weighted by Crippen LogP contribution is -2.56. The quantitative estimate of drug-likeness (QED) is 0.215. The Morgan fingerprint density at radius 3 is 1.15 bits per heavy atom. The molecule has 6 heteroatoms. The molecule has 0 spiro atoms. The highest BCUT2D eigenvalue weighted by atomic mass is 31.2. The van der Waals surface area contributed by atoms with Crippen LogP contribution in [0, 0.1) is 0 Å². The van der Waals surface area contributed by atoms with Crippen LogP contribution in [-0.4, -0.2) is 44.2 Å². The number of benzene rings is 4. The predicted octanol–water partition coefficient (Wildman–Crippen LogP) is 7.66. The minimum absolute atomic E-state index is 0.574. The summed E-state index contributed by atoms with van der Waals surface area (Å²) < 4.78 is 30.6. The van der Waals surface area contributed by atoms with Gasteiger partial charge in [0.05, 0.1) is 0 Å². The van der Waals surface area contributed by atoms with E-state index in [-0.39, 0.29) is 0 Å². The maximum Gasteiger partial charge on any atom is 0.261 e. The molecule has 212 valence electrons. The van der Waals surface area contributed by atoms with Crippen molar-refractivity contribution >= 4 is 8.53 Å². The maximum atomic E-state index is 7.51. The van der Waals surface area contributed by atoms with Crippen LogP contribution in [0.5, 0.6) is 0 Å². The van der Waals surface area contributed by atoms with Crippen LogP contribution in [0.25, 0.3) is 0 Å². The second-order valence-electron chi connectivity index (χ2n) is 10.7. The molecule has 2 heterocycles. The first-order valence-electron chi connectivity index (χ1n) is 14.4. The molecular weight excluding hydrogens is 529 g/mol. The first-order chi connectivity index (χ1) is 20.2. The summed E-state index contributed by atoms with van der Waals surface area (Å²) in [7, 11) is 1.94. The van der Waals surface area contributed by atoms with E-state index in [2.05, 4.69) is 102 Å². The number of ether oxygens (including phenoxy) is 2. The minimum atomic E-state index is -1.58. The molecule has 0 radical (unpaired) electrons. The zero-order valence-corrected chi connectivity index (χ0v) is 24.7. The maximum absolute atomic E-state index is 7.51. The van der Waals surface area contributed by atoms with Gasteiger partial charge in [0.25, 0.3) is 8.53 Å². The molecule has 2 atom stereocenters. The van der Waals surface area contributed by atoms with Crippen molar-refractivity contribution in [3.05, 3.63) is 144 Å². The second kappa shape index (κ2) is 12.5. The SMILES string of the molecule is CO[C@@H]1[C@@H](OC)C(c2ccccc2)(c2ccccc2)OP(N2CCCCC2)OC1(c1ccccc1)c1ccccc1. The largest absolute Gasteiger partial charge is 0.375 e. The Morgan fingerprint density at radius 1 is 0.537 bits per heavy atom. The summed E-state index contributed by atoms with van der Waals surface area (Å²) in [5.74, 6) is 0. The van der Waals surface area contributed by atoms with E-state index in [9.17, 15) is 0 Å². The summed E-state index contributed by atoms with van der Waals surface area (Å²) in [5, 5.41) is 0. The van der Waals surface area contributed by atoms with Crippen LogP contribution < -0.4 is 0 Å². The summed E-state index contributed by atoms with van der Waals surface area (Å²) in [6.45, 7) is 1.83. The molecule has 0 bridgehead atoms. The van der Waals surface area contributed by atoms with E-state index >= 15 is 0 Å². The van der Waals surface area contributed by atoms with Gasteiger partial charge in [0.1, 0.15) is 12.2 Å². The van der Waals surface area contributed by atoms with E-state index in [1.807, 2.05) is 24.3 Å². The van der Waals surface area contributed by atoms with Gasteiger partial charge in [0.15, 0.2) is 11.2 Å². The molecule has 6 rings (SSSR count). The van der Waals surface area contributed by atoms with Crippen molar-refractivity contribution in [3.63, 3.8) is 0 Å². The van der Waals surface area contributed by atoms with E-state index in [0.717, 1.165) is 48.2 Å². The van der Waals surface area contributed by atoms with Gasteiger partial charge in [-0.3, -0.25) is 0 Å². The topological polar surface area (TPSA) is 40.2 Å². The van der Waals surface area contributed by atoms with Gasteiger partial charge < -0.3 is 18.5 Å². The van der Waals surface area contributed by atoms with Crippen molar-refractivity contribution < 1.29 is 18.5 Å². The lowest BCUT2D eigenvalue weighted by atomic mass is 9.71. The fourth-order valence-electron chi connectivity index (χ4n) is 6.47. The molecule has 0 N–H and O–H groups in total. The van der Waals surface area contributed by atoms with Crippen LogP contribution in [0.2, 0.25) is 0 Å². The molecule has 0 saturated carbocycles. The molecule has 5 nitrogen and oxygen atoms in total. The average molecular weight is 568 g/mol. The highest BCUT2D eigenvalue weighted by Gasteiger charge is 2.62. The minimum Gasteiger partial charge on any atom is -0.375 e. The third-order valence-electron chi connectivity index (χ3n) is 8.40. The van der Waals surface area contributed by atoms with Crippen molar-refractivity contribution in [1.82, 2.24) is 4.67 Å². The first kappa shape index (κ1) is 28.2. The number of hydrogen-bond donors (Lipinski definition) is 0. The number of nitrogens with zero attached hydrogens (tertiary/aromatic N) is 1. The molecule has 41 heavy (non-hydrogen) atoms. The third kappa shape index (κ3) is 5.06. The van der Waals surface area contributed by atoms with Crippen LogP contribution in [0.15, 0.2) is 121 Å². The Balaban J connectivity index is 1.69. The fraction of sp³-hybridized carbons (Fsp3) is 0.314. The predicted molar refractivity (Wildman–Crippen MR) is 163 cm³/mol. The Hall–Kier alpha value is -2.89. The smallest absolute Gasteiger partial charge is 0.261 e. The van der Waals surface area contributed by atoms with Gasteiger partial charge in [-0.1, -0.05) is 128 Å². The molecule has 2 saturated heterocycles. The molecule has 2 aliphatic heterocycles. The zero-order valence-electron chi connectivity index (χ0n) is 23.8.